The van der Waals surface area contributed by atoms with Crippen LogP contribution >= 0.6 is 0 Å². The minimum Gasteiger partial charge on any atom is -0.394 e. The van der Waals surface area contributed by atoms with Gasteiger partial charge in [-0.15, -0.1) is 0 Å². The molecule has 3 heterocycles. The van der Waals surface area contributed by atoms with Gasteiger partial charge in [0.05, 0.1) is 38.6 Å². The van der Waals surface area contributed by atoms with E-state index in [-0.39, 0.29) is 18.9 Å². The average Bonchev–Trinajstić information content (AvgIpc) is 2.47. The minimum absolute atomic E-state index is 0.243. The molecule has 0 aromatic rings. The number of aliphatic hydroxyl groups is 11. The van der Waals surface area contributed by atoms with E-state index in [0.717, 1.165) is 57.8 Å². The number of hydrogen-bond acceptors (Lipinski definition) is 18. The first-order chi connectivity index (χ1) is 43.3. The molecule has 3 aliphatic heterocycles. The van der Waals surface area contributed by atoms with Crippen molar-refractivity contribution in [2.24, 2.45) is 0 Å². The Hall–Kier alpha value is -1.47. The van der Waals surface area contributed by atoms with Crippen molar-refractivity contribution in [3.05, 3.63) is 12.2 Å². The SMILES string of the molecule is CCCCCCCCC/C=C\CCCCCCCCCC(=O)NC(COC1OC(CO)C(OC2OC(CO)C(OC3OC(CO)C(O)C(O)C3O)C(O)C2O)C(O)C1O)C(O)CCCCCCCCCCCCCCCCCCCCCCCCCCCC. The van der Waals surface area contributed by atoms with Crippen LogP contribution in [0, 0.1) is 0 Å². The molecule has 0 spiro atoms. The standard InChI is InChI=1S/C70H133NO18/c1-3-5-7-9-11-13-15-17-19-21-23-24-25-26-27-28-29-30-31-33-35-37-39-41-43-45-47-54(75)53(71-58(76)48-46-44-42-40-38-36-34-32-22-20-18-16-14-12-10-8-6-4-2)52-84-68-64(82)61(79)66(56(50-73)86-68)89-70-65(83)62(80)67(57(51-74)87-70)88-69-63(81)60(78)59(77)55(49-72)85-69/h20,22,53-57,59-70,72-75,77-83H,3-19,21,23-52H2,1-2H3,(H,71,76)/b22-20-. The molecule has 17 atom stereocenters. The van der Waals surface area contributed by atoms with Gasteiger partial charge in [0.2, 0.25) is 5.91 Å². The fourth-order valence-electron chi connectivity index (χ4n) is 12.7. The highest BCUT2D eigenvalue weighted by atomic mass is 16.8. The Morgan fingerprint density at radius 2 is 0.708 bits per heavy atom. The number of ether oxygens (including phenoxy) is 6. The van der Waals surface area contributed by atoms with E-state index in [1.165, 1.54) is 205 Å². The summed E-state index contributed by atoms with van der Waals surface area (Å²) in [5.74, 6) is -0.243. The van der Waals surface area contributed by atoms with Gasteiger partial charge in [0, 0.05) is 6.42 Å². The normalized spacial score (nSPS) is 28.2. The van der Waals surface area contributed by atoms with Crippen LogP contribution in [0.25, 0.3) is 0 Å². The van der Waals surface area contributed by atoms with Gasteiger partial charge in [0.15, 0.2) is 18.9 Å². The van der Waals surface area contributed by atoms with Gasteiger partial charge in [0.25, 0.3) is 0 Å². The average molecular weight is 1280 g/mol. The molecule has 12 N–H and O–H groups in total. The Kier molecular flexibility index (Phi) is 48.5. The number of hydrogen-bond donors (Lipinski definition) is 12. The summed E-state index contributed by atoms with van der Waals surface area (Å²) in [6.45, 7) is 1.83. The fraction of sp³-hybridized carbons (Fsp3) is 0.957. The monoisotopic (exact) mass is 1280 g/mol. The van der Waals surface area contributed by atoms with Crippen molar-refractivity contribution in [3.63, 3.8) is 0 Å². The summed E-state index contributed by atoms with van der Waals surface area (Å²) < 4.78 is 34.4. The summed E-state index contributed by atoms with van der Waals surface area (Å²) in [5, 5.41) is 121. The number of carbonyl (C=O) groups is 1. The number of aliphatic hydroxyl groups excluding tert-OH is 11. The van der Waals surface area contributed by atoms with Crippen molar-refractivity contribution in [2.75, 3.05) is 26.4 Å². The first-order valence-corrected chi connectivity index (χ1v) is 36.4. The van der Waals surface area contributed by atoms with E-state index in [4.69, 9.17) is 28.4 Å². The van der Waals surface area contributed by atoms with Gasteiger partial charge in [-0.25, -0.2) is 0 Å². The maximum atomic E-state index is 13.4. The molecular weight excluding hydrogens is 1140 g/mol. The van der Waals surface area contributed by atoms with Crippen molar-refractivity contribution in [3.8, 4) is 0 Å². The molecule has 0 aliphatic carbocycles. The molecule has 0 bridgehead atoms. The van der Waals surface area contributed by atoms with Gasteiger partial charge in [-0.2, -0.15) is 0 Å². The second-order valence-corrected chi connectivity index (χ2v) is 26.4. The van der Waals surface area contributed by atoms with Crippen LogP contribution in [0.4, 0.5) is 0 Å². The highest BCUT2D eigenvalue weighted by molar-refractivity contribution is 5.76. The number of nitrogens with one attached hydrogen (secondary N) is 1. The van der Waals surface area contributed by atoms with Gasteiger partial charge < -0.3 is 89.9 Å². The zero-order valence-corrected chi connectivity index (χ0v) is 55.7. The van der Waals surface area contributed by atoms with Crippen molar-refractivity contribution in [1.29, 1.82) is 0 Å². The predicted octanol–water partition coefficient (Wildman–Crippen LogP) is 10.1. The largest absolute Gasteiger partial charge is 0.394 e. The second kappa shape index (κ2) is 52.8. The molecule has 526 valence electrons. The Balaban J connectivity index is 1.41. The zero-order chi connectivity index (χ0) is 64.7. The van der Waals surface area contributed by atoms with Gasteiger partial charge >= 0.3 is 0 Å². The number of rotatable bonds is 57. The lowest BCUT2D eigenvalue weighted by atomic mass is 9.96. The summed E-state index contributed by atoms with van der Waals surface area (Å²) >= 11 is 0. The molecule has 0 saturated carbocycles. The van der Waals surface area contributed by atoms with Crippen LogP contribution in [0.2, 0.25) is 0 Å². The van der Waals surface area contributed by atoms with Gasteiger partial charge in [0.1, 0.15) is 73.2 Å². The quantitative estimate of drug-likeness (QED) is 0.0199. The summed E-state index contributed by atoms with van der Waals surface area (Å²) in [7, 11) is 0. The number of allylic oxidation sites excluding steroid dienone is 2. The van der Waals surface area contributed by atoms with E-state index in [1.54, 1.807) is 0 Å². The third-order valence-corrected chi connectivity index (χ3v) is 18.6. The molecule has 3 aliphatic rings. The molecule has 89 heavy (non-hydrogen) atoms. The molecule has 0 aromatic heterocycles. The molecule has 3 rings (SSSR count). The van der Waals surface area contributed by atoms with Crippen LogP contribution in [0.3, 0.4) is 0 Å². The van der Waals surface area contributed by atoms with Crippen LogP contribution in [0.15, 0.2) is 12.2 Å². The lowest BCUT2D eigenvalue weighted by Gasteiger charge is -2.48. The lowest BCUT2D eigenvalue weighted by molar-refractivity contribution is -0.379. The van der Waals surface area contributed by atoms with E-state index in [0.29, 0.717) is 12.8 Å². The van der Waals surface area contributed by atoms with Gasteiger partial charge in [-0.1, -0.05) is 264 Å². The fourth-order valence-corrected chi connectivity index (χ4v) is 12.7. The van der Waals surface area contributed by atoms with Crippen LogP contribution in [-0.2, 0) is 33.2 Å². The van der Waals surface area contributed by atoms with Crippen LogP contribution < -0.4 is 5.32 Å². The Morgan fingerprint density at radius 1 is 0.393 bits per heavy atom. The van der Waals surface area contributed by atoms with E-state index >= 15 is 0 Å². The van der Waals surface area contributed by atoms with E-state index < -0.39 is 124 Å². The van der Waals surface area contributed by atoms with Gasteiger partial charge in [-0.3, -0.25) is 4.79 Å². The summed E-state index contributed by atoms with van der Waals surface area (Å²) in [4.78, 5) is 13.4. The molecule has 19 nitrogen and oxygen atoms in total. The van der Waals surface area contributed by atoms with Gasteiger partial charge in [-0.05, 0) is 38.5 Å². The number of amides is 1. The smallest absolute Gasteiger partial charge is 0.220 e. The number of carbonyl (C=O) groups excluding carboxylic acids is 1. The Morgan fingerprint density at radius 3 is 1.09 bits per heavy atom. The lowest BCUT2D eigenvalue weighted by Crippen LogP contribution is -2.66. The summed E-state index contributed by atoms with van der Waals surface area (Å²) in [5.41, 5.74) is 0. The maximum Gasteiger partial charge on any atom is 0.220 e. The highest BCUT2D eigenvalue weighted by Gasteiger charge is 2.53. The van der Waals surface area contributed by atoms with Crippen LogP contribution in [0.5, 0.6) is 0 Å². The maximum absolute atomic E-state index is 13.4. The third kappa shape index (κ3) is 34.7. The van der Waals surface area contributed by atoms with Crippen molar-refractivity contribution in [2.45, 2.75) is 401 Å². The van der Waals surface area contributed by atoms with Crippen molar-refractivity contribution >= 4 is 5.91 Å². The van der Waals surface area contributed by atoms with Crippen LogP contribution in [-0.4, -0.2) is 193 Å². The highest BCUT2D eigenvalue weighted by Crippen LogP contribution is 2.33. The molecule has 17 unspecified atom stereocenters. The molecule has 19 heteroatoms. The molecule has 0 radical (unpaired) electrons. The second-order valence-electron chi connectivity index (χ2n) is 26.4. The van der Waals surface area contributed by atoms with Crippen LogP contribution in [0.1, 0.15) is 296 Å². The third-order valence-electron chi connectivity index (χ3n) is 18.6. The molecule has 3 saturated heterocycles. The minimum atomic E-state index is -1.97. The Bertz CT molecular complexity index is 1670. The summed E-state index contributed by atoms with van der Waals surface area (Å²) in [6.07, 6.45) is 31.5. The first-order valence-electron chi connectivity index (χ1n) is 36.4. The van der Waals surface area contributed by atoms with E-state index in [1.807, 2.05) is 0 Å². The van der Waals surface area contributed by atoms with E-state index in [9.17, 15) is 61.0 Å². The predicted molar refractivity (Wildman–Crippen MR) is 347 cm³/mol. The zero-order valence-electron chi connectivity index (χ0n) is 55.7. The molecule has 1 amide bonds. The van der Waals surface area contributed by atoms with Crippen molar-refractivity contribution < 1.29 is 89.4 Å². The molecular formula is C70H133NO18. The van der Waals surface area contributed by atoms with Crippen molar-refractivity contribution in [1.82, 2.24) is 5.32 Å². The first kappa shape index (κ1) is 81.8. The summed E-state index contributed by atoms with van der Waals surface area (Å²) in [6, 6.07) is -0.887. The Labute approximate surface area is 537 Å². The molecule has 0 aromatic carbocycles. The topological polar surface area (TPSA) is 307 Å². The van der Waals surface area contributed by atoms with E-state index in [2.05, 4.69) is 31.3 Å². The number of unbranched alkanes of at least 4 members (excludes halogenated alkanes) is 39. The molecule has 3 fully saturated rings.